The number of carbonyl (C=O) groups is 2. The molecule has 2 aromatic rings. The molecule has 1 atom stereocenters. The second-order valence-electron chi connectivity index (χ2n) is 8.29. The minimum absolute atomic E-state index is 0.0292. The molecule has 2 rings (SSSR count). The highest BCUT2D eigenvalue weighted by Crippen LogP contribution is 2.25. The molecule has 2 aromatic carbocycles. The number of nitrogens with one attached hydrogen (secondary N) is 1. The highest BCUT2D eigenvalue weighted by Gasteiger charge is 2.23. The molecule has 0 spiro atoms. The van der Waals surface area contributed by atoms with Gasteiger partial charge in [0.1, 0.15) is 18.0 Å². The van der Waals surface area contributed by atoms with Gasteiger partial charge in [-0.05, 0) is 44.0 Å². The van der Waals surface area contributed by atoms with Crippen molar-refractivity contribution in [2.24, 2.45) is 0 Å². The third kappa shape index (κ3) is 9.82. The molecule has 0 heterocycles. The lowest BCUT2D eigenvalue weighted by Gasteiger charge is -2.23. The zero-order valence-corrected chi connectivity index (χ0v) is 19.5. The Morgan fingerprint density at radius 3 is 2.34 bits per heavy atom. The summed E-state index contributed by atoms with van der Waals surface area (Å²) in [6, 6.07) is 15.6. The zero-order valence-electron chi connectivity index (χ0n) is 18.7. The molecule has 8 nitrogen and oxygen atoms in total. The van der Waals surface area contributed by atoms with E-state index in [4.69, 9.17) is 13.7 Å². The van der Waals surface area contributed by atoms with Crippen LogP contribution < -0.4 is 9.50 Å². The predicted molar refractivity (Wildman–Crippen MR) is 120 cm³/mol. The molecule has 0 radical (unpaired) electrons. The third-order valence-electron chi connectivity index (χ3n) is 4.12. The first-order valence-corrected chi connectivity index (χ1v) is 11.9. The Labute approximate surface area is 189 Å². The number of ether oxygens (including phenoxy) is 2. The number of amides is 1. The molecule has 32 heavy (non-hydrogen) atoms. The second-order valence-corrected chi connectivity index (χ2v) is 9.86. The predicted octanol–water partition coefficient (Wildman–Crippen LogP) is 3.77. The number of hydrogen-bond acceptors (Lipinski definition) is 7. The number of carbonyl (C=O) groups excluding carboxylic acids is 2. The Balaban J connectivity index is 2.09. The van der Waals surface area contributed by atoms with E-state index < -0.39 is 33.7 Å². The van der Waals surface area contributed by atoms with Crippen molar-refractivity contribution in [3.63, 3.8) is 0 Å². The van der Waals surface area contributed by atoms with Gasteiger partial charge >= 0.3 is 22.2 Å². The molecule has 0 fully saturated rings. The minimum atomic E-state index is -3.71. The maximum Gasteiger partial charge on any atom is 0.407 e. The van der Waals surface area contributed by atoms with Crippen LogP contribution in [0.25, 0.3) is 0 Å². The Hall–Kier alpha value is -3.07. The maximum atomic E-state index is 12.4. The van der Waals surface area contributed by atoms with Crippen molar-refractivity contribution in [1.82, 2.24) is 5.32 Å². The average Bonchev–Trinajstić information content (AvgIpc) is 2.68. The summed E-state index contributed by atoms with van der Waals surface area (Å²) in [5, 5.41) is 2.66. The van der Waals surface area contributed by atoms with E-state index in [1.807, 2.05) is 30.3 Å². The lowest BCUT2D eigenvalue weighted by Crippen LogP contribution is -2.31. The van der Waals surface area contributed by atoms with Gasteiger partial charge < -0.3 is 19.0 Å². The SMILES string of the molecule is CC(C)(C)OC(=O)CC(CNC(=O)OCc1ccccc1)c1cccc(OS(C)(=O)=O)c1. The average molecular weight is 464 g/mol. The van der Waals surface area contributed by atoms with E-state index in [0.717, 1.165) is 11.8 Å². The zero-order chi connectivity index (χ0) is 23.8. The van der Waals surface area contributed by atoms with Crippen LogP contribution in [0.1, 0.15) is 44.2 Å². The first-order chi connectivity index (χ1) is 14.9. The first kappa shape index (κ1) is 25.2. The van der Waals surface area contributed by atoms with Crippen LogP contribution in [0.2, 0.25) is 0 Å². The van der Waals surface area contributed by atoms with Gasteiger partial charge in [0, 0.05) is 12.5 Å². The molecule has 0 aliphatic heterocycles. The number of esters is 1. The van der Waals surface area contributed by atoms with E-state index in [0.29, 0.717) is 5.56 Å². The van der Waals surface area contributed by atoms with Crippen molar-refractivity contribution in [3.8, 4) is 5.75 Å². The van der Waals surface area contributed by atoms with Crippen LogP contribution in [-0.2, 0) is 31.0 Å². The summed E-state index contributed by atoms with van der Waals surface area (Å²) in [5.74, 6) is -0.820. The molecule has 174 valence electrons. The van der Waals surface area contributed by atoms with Crippen LogP contribution in [0.4, 0.5) is 4.79 Å². The topological polar surface area (TPSA) is 108 Å². The van der Waals surface area contributed by atoms with Crippen molar-refractivity contribution in [2.45, 2.75) is 45.3 Å². The highest BCUT2D eigenvalue weighted by molar-refractivity contribution is 7.86. The van der Waals surface area contributed by atoms with Gasteiger partial charge in [0.2, 0.25) is 0 Å². The molecule has 0 aliphatic carbocycles. The number of alkyl carbamates (subject to hydrolysis) is 1. The van der Waals surface area contributed by atoms with Gasteiger partial charge in [0.25, 0.3) is 0 Å². The van der Waals surface area contributed by atoms with Gasteiger partial charge in [-0.25, -0.2) is 4.79 Å². The number of rotatable bonds is 9. The lowest BCUT2D eigenvalue weighted by molar-refractivity contribution is -0.155. The minimum Gasteiger partial charge on any atom is -0.460 e. The third-order valence-corrected chi connectivity index (χ3v) is 4.61. The monoisotopic (exact) mass is 463 g/mol. The van der Waals surface area contributed by atoms with Crippen molar-refractivity contribution in [3.05, 3.63) is 65.7 Å². The number of hydrogen-bond donors (Lipinski definition) is 1. The summed E-state index contributed by atoms with van der Waals surface area (Å²) in [7, 11) is -3.71. The van der Waals surface area contributed by atoms with Crippen molar-refractivity contribution < 1.29 is 31.7 Å². The molecule has 0 saturated heterocycles. The fourth-order valence-electron chi connectivity index (χ4n) is 2.87. The van der Waals surface area contributed by atoms with Crippen molar-refractivity contribution >= 4 is 22.2 Å². The normalized spacial score (nSPS) is 12.5. The molecule has 0 aliphatic rings. The van der Waals surface area contributed by atoms with Crippen LogP contribution in [0, 0.1) is 0 Å². The molecule has 0 bridgehead atoms. The molecule has 1 N–H and O–H groups in total. The molecule has 1 unspecified atom stereocenters. The van der Waals surface area contributed by atoms with Crippen molar-refractivity contribution in [2.75, 3.05) is 12.8 Å². The van der Waals surface area contributed by atoms with Crippen LogP contribution in [0.15, 0.2) is 54.6 Å². The molecule has 0 saturated carbocycles. The van der Waals surface area contributed by atoms with E-state index >= 15 is 0 Å². The van der Waals surface area contributed by atoms with Gasteiger partial charge in [-0.3, -0.25) is 4.79 Å². The summed E-state index contributed by atoms with van der Waals surface area (Å²) < 4.78 is 38.5. The first-order valence-electron chi connectivity index (χ1n) is 10.1. The standard InChI is InChI=1S/C23H29NO7S/c1-23(2,3)30-21(25)14-19(18-11-8-12-20(13-18)31-32(4,27)28)15-24-22(26)29-16-17-9-6-5-7-10-17/h5-13,19H,14-16H2,1-4H3,(H,24,26). The smallest absolute Gasteiger partial charge is 0.407 e. The maximum absolute atomic E-state index is 12.4. The summed E-state index contributed by atoms with van der Waals surface area (Å²) in [4.78, 5) is 24.6. The van der Waals surface area contributed by atoms with E-state index in [9.17, 15) is 18.0 Å². The second kappa shape index (κ2) is 11.0. The quantitative estimate of drug-likeness (QED) is 0.445. The van der Waals surface area contributed by atoms with Gasteiger partial charge in [-0.1, -0.05) is 42.5 Å². The van der Waals surface area contributed by atoms with Crippen LogP contribution in [0.3, 0.4) is 0 Å². The molecule has 1 amide bonds. The summed E-state index contributed by atoms with van der Waals surface area (Å²) >= 11 is 0. The Morgan fingerprint density at radius 2 is 1.72 bits per heavy atom. The number of benzene rings is 2. The van der Waals surface area contributed by atoms with Crippen LogP contribution in [0.5, 0.6) is 5.75 Å². The molecular weight excluding hydrogens is 434 g/mol. The molecular formula is C23H29NO7S. The fourth-order valence-corrected chi connectivity index (χ4v) is 3.32. The molecule has 9 heteroatoms. The van der Waals surface area contributed by atoms with E-state index in [-0.39, 0.29) is 25.3 Å². The van der Waals surface area contributed by atoms with Crippen LogP contribution in [-0.4, -0.2) is 38.9 Å². The van der Waals surface area contributed by atoms with Gasteiger partial charge in [0.05, 0.1) is 12.7 Å². The lowest BCUT2D eigenvalue weighted by atomic mass is 9.95. The fraction of sp³-hybridized carbons (Fsp3) is 0.391. The van der Waals surface area contributed by atoms with E-state index in [1.54, 1.807) is 32.9 Å². The summed E-state index contributed by atoms with van der Waals surface area (Å²) in [6.45, 7) is 5.48. The van der Waals surface area contributed by atoms with Crippen LogP contribution >= 0.6 is 0 Å². The summed E-state index contributed by atoms with van der Waals surface area (Å²) in [6.07, 6.45) is 0.285. The largest absolute Gasteiger partial charge is 0.460 e. The van der Waals surface area contributed by atoms with E-state index in [1.165, 1.54) is 12.1 Å². The van der Waals surface area contributed by atoms with Gasteiger partial charge in [-0.15, -0.1) is 0 Å². The molecule has 0 aromatic heterocycles. The highest BCUT2D eigenvalue weighted by atomic mass is 32.2. The van der Waals surface area contributed by atoms with Gasteiger partial charge in [-0.2, -0.15) is 8.42 Å². The Morgan fingerprint density at radius 1 is 1.03 bits per heavy atom. The Kier molecular flexibility index (Phi) is 8.65. The van der Waals surface area contributed by atoms with Crippen molar-refractivity contribution in [1.29, 1.82) is 0 Å². The summed E-state index contributed by atoms with van der Waals surface area (Å²) in [5.41, 5.74) is 0.796. The Bertz CT molecular complexity index is 1010. The van der Waals surface area contributed by atoms with Gasteiger partial charge in [0.15, 0.2) is 0 Å². The van der Waals surface area contributed by atoms with E-state index in [2.05, 4.69) is 5.32 Å².